The molecule has 2 N–H and O–H groups in total. The van der Waals surface area contributed by atoms with Gasteiger partial charge in [0.15, 0.2) is 5.75 Å². The molecule has 3 heterocycles. The average molecular weight is 450 g/mol. The van der Waals surface area contributed by atoms with Crippen molar-refractivity contribution >= 4 is 38.0 Å². The van der Waals surface area contributed by atoms with Crippen molar-refractivity contribution in [1.82, 2.24) is 9.88 Å². The largest absolute Gasteiger partial charge is 0.503 e. The molecule has 6 nitrogen and oxygen atoms in total. The number of aromatic hydroxyl groups is 1. The van der Waals surface area contributed by atoms with Crippen LogP contribution in [-0.2, 0) is 0 Å². The SMILES string of the molecule is O=c1[nH]c2cc(OCCCCN3CCN(c4cccc5sccc45)CC3)ccc2cc1O. The lowest BCUT2D eigenvalue weighted by Crippen LogP contribution is -2.46. The number of pyridine rings is 1. The van der Waals surface area contributed by atoms with Gasteiger partial charge in [-0.2, -0.15) is 0 Å². The van der Waals surface area contributed by atoms with E-state index in [0.29, 0.717) is 12.1 Å². The van der Waals surface area contributed by atoms with Crippen LogP contribution in [0.4, 0.5) is 5.69 Å². The van der Waals surface area contributed by atoms with Crippen LogP contribution < -0.4 is 15.2 Å². The van der Waals surface area contributed by atoms with Gasteiger partial charge in [-0.1, -0.05) is 6.07 Å². The Morgan fingerprint density at radius 2 is 1.91 bits per heavy atom. The summed E-state index contributed by atoms with van der Waals surface area (Å²) in [6.45, 7) is 6.04. The fraction of sp³-hybridized carbons (Fsp3) is 0.320. The summed E-state index contributed by atoms with van der Waals surface area (Å²) in [5.41, 5.74) is 1.55. The van der Waals surface area contributed by atoms with Crippen molar-refractivity contribution < 1.29 is 9.84 Å². The van der Waals surface area contributed by atoms with E-state index in [1.54, 1.807) is 0 Å². The number of rotatable bonds is 7. The Labute approximate surface area is 190 Å². The molecule has 0 bridgehead atoms. The molecule has 4 aromatic rings. The van der Waals surface area contributed by atoms with Crippen molar-refractivity contribution in [3.05, 3.63) is 64.3 Å². The lowest BCUT2D eigenvalue weighted by Gasteiger charge is -2.36. The Hall–Kier alpha value is -3.03. The summed E-state index contributed by atoms with van der Waals surface area (Å²) in [4.78, 5) is 19.3. The number of hydrogen-bond acceptors (Lipinski definition) is 6. The summed E-state index contributed by atoms with van der Waals surface area (Å²) in [6.07, 6.45) is 2.08. The van der Waals surface area contributed by atoms with E-state index >= 15 is 0 Å². The normalized spacial score (nSPS) is 14.9. The van der Waals surface area contributed by atoms with Gasteiger partial charge < -0.3 is 19.7 Å². The lowest BCUT2D eigenvalue weighted by atomic mass is 10.2. The number of benzene rings is 2. The molecule has 32 heavy (non-hydrogen) atoms. The molecule has 0 aliphatic carbocycles. The van der Waals surface area contributed by atoms with Crippen molar-refractivity contribution in [3.63, 3.8) is 0 Å². The first-order valence-electron chi connectivity index (χ1n) is 11.1. The molecular formula is C25H27N3O3S. The molecule has 1 fully saturated rings. The second kappa shape index (κ2) is 9.22. The minimum absolute atomic E-state index is 0.268. The number of anilines is 1. The Bertz CT molecular complexity index is 1270. The Kier molecular flexibility index (Phi) is 6.01. The van der Waals surface area contributed by atoms with E-state index in [9.17, 15) is 9.90 Å². The van der Waals surface area contributed by atoms with E-state index < -0.39 is 5.56 Å². The molecule has 1 aliphatic heterocycles. The highest BCUT2D eigenvalue weighted by Crippen LogP contribution is 2.31. The van der Waals surface area contributed by atoms with Gasteiger partial charge in [0.1, 0.15) is 5.75 Å². The van der Waals surface area contributed by atoms with Gasteiger partial charge >= 0.3 is 0 Å². The zero-order valence-electron chi connectivity index (χ0n) is 17.9. The molecular weight excluding hydrogens is 422 g/mol. The van der Waals surface area contributed by atoms with Gasteiger partial charge in [-0.25, -0.2) is 0 Å². The fourth-order valence-electron chi connectivity index (χ4n) is 4.35. The Morgan fingerprint density at radius 3 is 2.78 bits per heavy atom. The molecule has 0 radical (unpaired) electrons. The van der Waals surface area contributed by atoms with Gasteiger partial charge in [0.25, 0.3) is 5.56 Å². The van der Waals surface area contributed by atoms with E-state index in [1.165, 1.54) is 21.8 Å². The number of unbranched alkanes of at least 4 members (excludes halogenated alkanes) is 1. The number of ether oxygens (including phenoxy) is 1. The monoisotopic (exact) mass is 449 g/mol. The maximum absolute atomic E-state index is 11.6. The summed E-state index contributed by atoms with van der Waals surface area (Å²) in [5.74, 6) is 0.464. The summed E-state index contributed by atoms with van der Waals surface area (Å²) >= 11 is 1.81. The topological polar surface area (TPSA) is 68.8 Å². The van der Waals surface area contributed by atoms with Crippen LogP contribution in [0.2, 0.25) is 0 Å². The smallest absolute Gasteiger partial charge is 0.290 e. The highest BCUT2D eigenvalue weighted by molar-refractivity contribution is 7.17. The lowest BCUT2D eigenvalue weighted by molar-refractivity contribution is 0.239. The molecule has 166 valence electrons. The molecule has 2 aromatic heterocycles. The first-order chi connectivity index (χ1) is 15.7. The van der Waals surface area contributed by atoms with Crippen molar-refractivity contribution in [2.45, 2.75) is 12.8 Å². The maximum atomic E-state index is 11.6. The van der Waals surface area contributed by atoms with Gasteiger partial charge in [-0.15, -0.1) is 11.3 Å². The van der Waals surface area contributed by atoms with E-state index in [4.69, 9.17) is 4.74 Å². The van der Waals surface area contributed by atoms with Crippen LogP contribution in [0.3, 0.4) is 0 Å². The van der Waals surface area contributed by atoms with E-state index in [0.717, 1.165) is 56.7 Å². The van der Waals surface area contributed by atoms with Crippen LogP contribution in [-0.4, -0.2) is 54.3 Å². The second-order valence-electron chi connectivity index (χ2n) is 8.23. The Morgan fingerprint density at radius 1 is 1.03 bits per heavy atom. The number of nitrogens with zero attached hydrogens (tertiary/aromatic N) is 2. The first kappa shape index (κ1) is 20.8. The number of thiophene rings is 1. The summed E-state index contributed by atoms with van der Waals surface area (Å²) in [7, 11) is 0. The summed E-state index contributed by atoms with van der Waals surface area (Å²) in [5, 5.41) is 13.8. The van der Waals surface area contributed by atoms with Gasteiger partial charge in [-0.05, 0) is 61.2 Å². The number of hydrogen-bond donors (Lipinski definition) is 2. The molecule has 1 saturated heterocycles. The molecule has 7 heteroatoms. The number of nitrogens with one attached hydrogen (secondary N) is 1. The van der Waals surface area contributed by atoms with Gasteiger partial charge in [0.05, 0.1) is 12.1 Å². The molecule has 0 saturated carbocycles. The van der Waals surface area contributed by atoms with E-state index in [2.05, 4.69) is 44.4 Å². The third-order valence-corrected chi connectivity index (χ3v) is 7.00. The third kappa shape index (κ3) is 4.45. The van der Waals surface area contributed by atoms with Crippen LogP contribution in [0.5, 0.6) is 11.5 Å². The van der Waals surface area contributed by atoms with Crippen LogP contribution in [0.15, 0.2) is 58.7 Å². The van der Waals surface area contributed by atoms with Crippen LogP contribution in [0.25, 0.3) is 21.0 Å². The van der Waals surface area contributed by atoms with Gasteiger partial charge in [0.2, 0.25) is 0 Å². The zero-order valence-corrected chi connectivity index (χ0v) is 18.7. The van der Waals surface area contributed by atoms with Gasteiger partial charge in [-0.3, -0.25) is 9.69 Å². The second-order valence-corrected chi connectivity index (χ2v) is 9.17. The van der Waals surface area contributed by atoms with E-state index in [1.807, 2.05) is 29.5 Å². The molecule has 0 spiro atoms. The summed E-state index contributed by atoms with van der Waals surface area (Å²) in [6, 6.07) is 15.8. The van der Waals surface area contributed by atoms with Crippen molar-refractivity contribution in [2.24, 2.45) is 0 Å². The average Bonchev–Trinajstić information content (AvgIpc) is 3.29. The quantitative estimate of drug-likeness (QED) is 0.409. The minimum atomic E-state index is -0.484. The predicted octanol–water partition coefficient (Wildman–Crippen LogP) is 4.43. The number of aromatic nitrogens is 1. The molecule has 0 amide bonds. The Balaban J connectivity index is 1.06. The predicted molar refractivity (Wildman–Crippen MR) is 131 cm³/mol. The molecule has 0 atom stereocenters. The number of fused-ring (bicyclic) bond motifs is 2. The third-order valence-electron chi connectivity index (χ3n) is 6.12. The van der Waals surface area contributed by atoms with Crippen molar-refractivity contribution in [3.8, 4) is 11.5 Å². The van der Waals surface area contributed by atoms with Crippen molar-refractivity contribution in [1.29, 1.82) is 0 Å². The first-order valence-corrected chi connectivity index (χ1v) is 12.0. The fourth-order valence-corrected chi connectivity index (χ4v) is 5.16. The summed E-state index contributed by atoms with van der Waals surface area (Å²) < 4.78 is 7.23. The highest BCUT2D eigenvalue weighted by Gasteiger charge is 2.18. The zero-order chi connectivity index (χ0) is 21.9. The van der Waals surface area contributed by atoms with Gasteiger partial charge in [0, 0.05) is 53.4 Å². The van der Waals surface area contributed by atoms with Crippen LogP contribution in [0.1, 0.15) is 12.8 Å². The molecule has 5 rings (SSSR count). The molecule has 0 unspecified atom stereocenters. The van der Waals surface area contributed by atoms with Crippen molar-refractivity contribution in [2.75, 3.05) is 44.2 Å². The number of H-pyrrole nitrogens is 1. The van der Waals surface area contributed by atoms with E-state index in [-0.39, 0.29) is 5.75 Å². The minimum Gasteiger partial charge on any atom is -0.503 e. The maximum Gasteiger partial charge on any atom is 0.290 e. The standard InChI is InChI=1S/C25H27N3O3S/c29-23-16-18-6-7-19(17-21(18)26-25(23)30)31-14-2-1-9-27-10-12-28(13-11-27)22-4-3-5-24-20(22)8-15-32-24/h3-8,15-17,29H,1-2,9-14H2,(H,26,30). The molecule has 2 aromatic carbocycles. The van der Waals surface area contributed by atoms with Crippen LogP contribution in [0, 0.1) is 0 Å². The number of aromatic amines is 1. The number of piperazine rings is 1. The highest BCUT2D eigenvalue weighted by atomic mass is 32.1. The molecule has 1 aliphatic rings. The van der Waals surface area contributed by atoms with Crippen LogP contribution >= 0.6 is 11.3 Å².